The maximum absolute atomic E-state index is 10.2. The quantitative estimate of drug-likeness (QED) is 0.552. The number of aromatic carboxylic acids is 1. The Morgan fingerprint density at radius 3 is 1.44 bits per heavy atom. The third kappa shape index (κ3) is 23.7. The van der Waals surface area contributed by atoms with Crippen molar-refractivity contribution in [1.82, 2.24) is 0 Å². The van der Waals surface area contributed by atoms with E-state index in [0.29, 0.717) is 5.56 Å². The van der Waals surface area contributed by atoms with E-state index in [1.807, 2.05) is 0 Å². The van der Waals surface area contributed by atoms with Gasteiger partial charge in [0, 0.05) is 6.92 Å². The van der Waals surface area contributed by atoms with Gasteiger partial charge in [-0.05, 0) is 12.1 Å². The van der Waals surface area contributed by atoms with Crippen molar-refractivity contribution in [3.8, 4) is 0 Å². The third-order valence-electron chi connectivity index (χ3n) is 1.02. The lowest BCUT2D eigenvalue weighted by Crippen LogP contribution is -1.93. The Labute approximate surface area is 103 Å². The first kappa shape index (κ1) is 18.4. The Morgan fingerprint density at radius 1 is 1.00 bits per heavy atom. The van der Waals surface area contributed by atoms with E-state index in [0.717, 1.165) is 6.92 Å². The van der Waals surface area contributed by atoms with Gasteiger partial charge in [0.1, 0.15) is 0 Å². The van der Waals surface area contributed by atoms with Crippen molar-refractivity contribution in [2.24, 2.45) is 0 Å². The number of rotatable bonds is 1. The molecule has 0 amide bonds. The van der Waals surface area contributed by atoms with Gasteiger partial charge in [0.05, 0.1) is 5.56 Å². The van der Waals surface area contributed by atoms with Crippen LogP contribution in [0, 0.1) is 0 Å². The fraction of sp³-hybridized carbons (Fsp3) is 0.111. The molecule has 0 aliphatic rings. The number of carboxylic acid groups (broad SMARTS) is 2. The van der Waals surface area contributed by atoms with E-state index in [2.05, 4.69) is 0 Å². The number of carbonyl (C=O) groups is 2. The molecule has 0 atom stereocenters. The zero-order valence-corrected chi connectivity index (χ0v) is 10.0. The molecule has 1 aromatic carbocycles. The first-order valence-corrected chi connectivity index (χ1v) is 5.61. The Morgan fingerprint density at radius 2 is 1.28 bits per heavy atom. The fourth-order valence-corrected chi connectivity index (χ4v) is 0.581. The molecule has 0 fully saturated rings. The van der Waals surface area contributed by atoms with Gasteiger partial charge in [0.15, 0.2) is 0 Å². The van der Waals surface area contributed by atoms with Gasteiger partial charge in [-0.15, -0.1) is 0 Å². The summed E-state index contributed by atoms with van der Waals surface area (Å²) in [6.07, 6.45) is 0. The van der Waals surface area contributed by atoms with E-state index in [9.17, 15) is 4.79 Å². The van der Waals surface area contributed by atoms with Crippen molar-refractivity contribution < 1.29 is 37.3 Å². The molecule has 0 heterocycles. The third-order valence-corrected chi connectivity index (χ3v) is 1.02. The normalized spacial score (nSPS) is 9.06. The molecule has 0 saturated carbocycles. The average Bonchev–Trinajstić information content (AvgIpc) is 2.15. The van der Waals surface area contributed by atoms with E-state index in [1.165, 1.54) is 0 Å². The molecule has 102 valence electrons. The topological polar surface area (TPSA) is 149 Å². The highest BCUT2D eigenvalue weighted by atomic mass is 32.3. The molecule has 0 aromatic heterocycles. The molecule has 0 aliphatic heterocycles. The molecular formula is C9H12O8S. The lowest BCUT2D eigenvalue weighted by Gasteiger charge is -1.88. The van der Waals surface area contributed by atoms with Crippen LogP contribution < -0.4 is 0 Å². The molecule has 0 unspecified atom stereocenters. The molecular weight excluding hydrogens is 268 g/mol. The van der Waals surface area contributed by atoms with E-state index >= 15 is 0 Å². The number of benzene rings is 1. The van der Waals surface area contributed by atoms with Crippen LogP contribution in [0.3, 0.4) is 0 Å². The summed E-state index contributed by atoms with van der Waals surface area (Å²) in [5.41, 5.74) is 0.331. The van der Waals surface area contributed by atoms with Crippen LogP contribution in [0.15, 0.2) is 30.3 Å². The second kappa shape index (κ2) is 9.10. The highest BCUT2D eigenvalue weighted by molar-refractivity contribution is 7.79. The maximum atomic E-state index is 10.2. The molecule has 0 spiro atoms. The predicted molar refractivity (Wildman–Crippen MR) is 60.9 cm³/mol. The molecule has 0 saturated heterocycles. The number of hydrogen-bond acceptors (Lipinski definition) is 4. The highest BCUT2D eigenvalue weighted by Crippen LogP contribution is 1.96. The second-order valence-corrected chi connectivity index (χ2v) is 3.53. The van der Waals surface area contributed by atoms with Gasteiger partial charge < -0.3 is 10.2 Å². The molecule has 0 bridgehead atoms. The first-order chi connectivity index (χ1) is 8.04. The summed E-state index contributed by atoms with van der Waals surface area (Å²) < 4.78 is 31.6. The van der Waals surface area contributed by atoms with Crippen molar-refractivity contribution in [2.45, 2.75) is 6.92 Å². The molecule has 0 radical (unpaired) electrons. The van der Waals surface area contributed by atoms with E-state index in [1.54, 1.807) is 30.3 Å². The van der Waals surface area contributed by atoms with Crippen LogP contribution in [-0.2, 0) is 15.2 Å². The summed E-state index contributed by atoms with van der Waals surface area (Å²) in [5.74, 6) is -1.71. The zero-order chi connectivity index (χ0) is 14.8. The van der Waals surface area contributed by atoms with E-state index in [4.69, 9.17) is 32.5 Å². The van der Waals surface area contributed by atoms with Crippen molar-refractivity contribution >= 4 is 22.3 Å². The molecule has 9 heteroatoms. The fourth-order valence-electron chi connectivity index (χ4n) is 0.581. The molecule has 8 nitrogen and oxygen atoms in total. The number of carboxylic acids is 2. The molecule has 0 aliphatic carbocycles. The van der Waals surface area contributed by atoms with Gasteiger partial charge in [0.2, 0.25) is 0 Å². The summed E-state index contributed by atoms with van der Waals surface area (Å²) in [4.78, 5) is 19.2. The standard InChI is InChI=1S/C7H6O2.C2H4O2.H2O4S/c8-7(9)6-4-2-1-3-5-6;1-2(3)4;1-5(2,3)4/h1-5H,(H,8,9);1H3,(H,3,4);(H2,1,2,3,4). The van der Waals surface area contributed by atoms with Crippen LogP contribution in [0.2, 0.25) is 0 Å². The predicted octanol–water partition coefficient (Wildman–Crippen LogP) is 0.823. The van der Waals surface area contributed by atoms with Crippen molar-refractivity contribution in [3.05, 3.63) is 35.9 Å². The highest BCUT2D eigenvalue weighted by Gasteiger charge is 1.96. The Bertz CT molecular complexity index is 453. The molecule has 18 heavy (non-hydrogen) atoms. The smallest absolute Gasteiger partial charge is 0.394 e. The first-order valence-electron chi connectivity index (χ1n) is 4.21. The van der Waals surface area contributed by atoms with Crippen LogP contribution in [-0.4, -0.2) is 39.7 Å². The van der Waals surface area contributed by atoms with Crippen molar-refractivity contribution in [3.63, 3.8) is 0 Å². The minimum absolute atomic E-state index is 0.331. The monoisotopic (exact) mass is 280 g/mol. The van der Waals surface area contributed by atoms with Gasteiger partial charge in [-0.2, -0.15) is 8.42 Å². The van der Waals surface area contributed by atoms with Gasteiger partial charge in [0.25, 0.3) is 5.97 Å². The minimum Gasteiger partial charge on any atom is -0.481 e. The zero-order valence-electron chi connectivity index (χ0n) is 9.22. The summed E-state index contributed by atoms with van der Waals surface area (Å²) >= 11 is 0. The van der Waals surface area contributed by atoms with Gasteiger partial charge in [-0.3, -0.25) is 13.9 Å². The lowest BCUT2D eigenvalue weighted by atomic mass is 10.2. The SMILES string of the molecule is CC(=O)O.O=C(O)c1ccccc1.O=S(=O)(O)O. The van der Waals surface area contributed by atoms with Crippen LogP contribution in [0.5, 0.6) is 0 Å². The van der Waals surface area contributed by atoms with Crippen LogP contribution >= 0.6 is 0 Å². The van der Waals surface area contributed by atoms with Crippen LogP contribution in [0.1, 0.15) is 17.3 Å². The lowest BCUT2D eigenvalue weighted by molar-refractivity contribution is -0.134. The summed E-state index contributed by atoms with van der Waals surface area (Å²) in [6.45, 7) is 1.08. The van der Waals surface area contributed by atoms with E-state index in [-0.39, 0.29) is 0 Å². The Hall–Kier alpha value is -1.97. The van der Waals surface area contributed by atoms with E-state index < -0.39 is 22.3 Å². The molecule has 4 N–H and O–H groups in total. The Balaban J connectivity index is 0. The second-order valence-electron chi connectivity index (χ2n) is 2.64. The molecule has 1 rings (SSSR count). The van der Waals surface area contributed by atoms with Crippen molar-refractivity contribution in [1.29, 1.82) is 0 Å². The van der Waals surface area contributed by atoms with Gasteiger partial charge in [-0.1, -0.05) is 18.2 Å². The van der Waals surface area contributed by atoms with Crippen LogP contribution in [0.4, 0.5) is 0 Å². The minimum atomic E-state index is -4.67. The summed E-state index contributed by atoms with van der Waals surface area (Å²) in [7, 11) is -4.67. The van der Waals surface area contributed by atoms with Gasteiger partial charge >= 0.3 is 16.4 Å². The number of hydrogen-bond donors (Lipinski definition) is 4. The Kier molecular flexibility index (Phi) is 9.30. The van der Waals surface area contributed by atoms with Gasteiger partial charge in [-0.25, -0.2) is 4.79 Å². The average molecular weight is 280 g/mol. The van der Waals surface area contributed by atoms with Crippen molar-refractivity contribution in [2.75, 3.05) is 0 Å². The summed E-state index contributed by atoms with van der Waals surface area (Å²) in [6, 6.07) is 8.30. The number of aliphatic carboxylic acids is 1. The summed E-state index contributed by atoms with van der Waals surface area (Å²) in [5, 5.41) is 15.8. The molecule has 1 aromatic rings. The maximum Gasteiger partial charge on any atom is 0.394 e. The van der Waals surface area contributed by atoms with Crippen LogP contribution in [0.25, 0.3) is 0 Å². The largest absolute Gasteiger partial charge is 0.481 e.